The van der Waals surface area contributed by atoms with Crippen LogP contribution in [0.25, 0.3) is 0 Å². The number of nitrogens with one attached hydrogen (secondary N) is 2. The number of dihydropyridines is 1. The molecule has 2 atom stereocenters. The average Bonchev–Trinajstić information content (AvgIpc) is 3.17. The molecule has 7 heteroatoms. The Bertz CT molecular complexity index is 1380. The maximum absolute atomic E-state index is 13.7. The van der Waals surface area contributed by atoms with E-state index in [0.717, 1.165) is 33.8 Å². The lowest BCUT2D eigenvalue weighted by Gasteiger charge is -2.36. The van der Waals surface area contributed by atoms with Gasteiger partial charge in [-0.15, -0.1) is 0 Å². The Labute approximate surface area is 205 Å². The summed E-state index contributed by atoms with van der Waals surface area (Å²) in [4.78, 5) is 31.7. The normalized spacial score (nSPS) is 19.9. The zero-order chi connectivity index (χ0) is 24.7. The zero-order valence-electron chi connectivity index (χ0n) is 20.4. The summed E-state index contributed by atoms with van der Waals surface area (Å²) < 4.78 is 1.78. The number of aromatic nitrogens is 3. The first-order valence-corrected chi connectivity index (χ1v) is 11.9. The number of hydrogen-bond acceptors (Lipinski definition) is 5. The van der Waals surface area contributed by atoms with Gasteiger partial charge in [0.2, 0.25) is 0 Å². The molecule has 1 aliphatic carbocycles. The van der Waals surface area contributed by atoms with Gasteiger partial charge in [0.1, 0.15) is 5.82 Å². The lowest BCUT2D eigenvalue weighted by molar-refractivity contribution is -0.116. The molecule has 7 nitrogen and oxygen atoms in total. The van der Waals surface area contributed by atoms with Crippen molar-refractivity contribution >= 4 is 17.5 Å². The van der Waals surface area contributed by atoms with E-state index in [0.29, 0.717) is 29.8 Å². The molecule has 0 spiro atoms. The van der Waals surface area contributed by atoms with Gasteiger partial charge >= 0.3 is 0 Å². The van der Waals surface area contributed by atoms with Gasteiger partial charge < -0.3 is 10.6 Å². The zero-order valence-corrected chi connectivity index (χ0v) is 20.4. The van der Waals surface area contributed by atoms with Crippen LogP contribution in [0.4, 0.5) is 5.82 Å². The van der Waals surface area contributed by atoms with Crippen molar-refractivity contribution in [2.75, 3.05) is 5.32 Å². The molecule has 3 heterocycles. The summed E-state index contributed by atoms with van der Waals surface area (Å²) in [6.45, 7) is 5.78. The number of aryl methyl sites for hydroxylation is 2. The summed E-state index contributed by atoms with van der Waals surface area (Å²) in [7, 11) is 1.87. The average molecular weight is 468 g/mol. The van der Waals surface area contributed by atoms with E-state index in [1.807, 2.05) is 58.2 Å². The second-order valence-electron chi connectivity index (χ2n) is 9.36. The summed E-state index contributed by atoms with van der Waals surface area (Å²) in [6, 6.07) is 13.9. The lowest BCUT2D eigenvalue weighted by Crippen LogP contribution is -2.37. The minimum atomic E-state index is -0.492. The van der Waals surface area contributed by atoms with E-state index in [4.69, 9.17) is 0 Å². The van der Waals surface area contributed by atoms with Crippen LogP contribution in [0.15, 0.2) is 77.4 Å². The second-order valence-corrected chi connectivity index (χ2v) is 9.36. The first-order chi connectivity index (χ1) is 16.8. The molecule has 2 N–H and O–H groups in total. The van der Waals surface area contributed by atoms with Crippen LogP contribution in [-0.2, 0) is 16.6 Å². The number of nitrogens with zero attached hydrogens (tertiary/aromatic N) is 3. The molecule has 1 amide bonds. The van der Waals surface area contributed by atoms with Gasteiger partial charge in [0, 0.05) is 59.4 Å². The number of carbonyl (C=O) groups excluding carboxylic acids is 2. The molecule has 2 aromatic heterocycles. The van der Waals surface area contributed by atoms with Gasteiger partial charge in [-0.05, 0) is 50.3 Å². The van der Waals surface area contributed by atoms with E-state index in [1.54, 1.807) is 17.1 Å². The maximum atomic E-state index is 13.7. The van der Waals surface area contributed by atoms with E-state index in [1.165, 1.54) is 0 Å². The van der Waals surface area contributed by atoms with Crippen LogP contribution >= 0.6 is 0 Å². The van der Waals surface area contributed by atoms with Crippen molar-refractivity contribution in [3.63, 3.8) is 0 Å². The largest absolute Gasteiger partial charge is 0.362 e. The summed E-state index contributed by atoms with van der Waals surface area (Å²) >= 11 is 0. The van der Waals surface area contributed by atoms with Crippen molar-refractivity contribution in [2.24, 2.45) is 7.05 Å². The number of allylic oxidation sites excluding steroid dienone is 3. The van der Waals surface area contributed by atoms with Crippen molar-refractivity contribution < 1.29 is 9.59 Å². The van der Waals surface area contributed by atoms with Gasteiger partial charge in [-0.3, -0.25) is 14.3 Å². The quantitative estimate of drug-likeness (QED) is 0.593. The predicted octanol–water partition coefficient (Wildman–Crippen LogP) is 4.43. The van der Waals surface area contributed by atoms with Crippen LogP contribution < -0.4 is 10.6 Å². The maximum Gasteiger partial charge on any atom is 0.255 e. The fourth-order valence-corrected chi connectivity index (χ4v) is 5.20. The number of ketones is 1. The minimum Gasteiger partial charge on any atom is -0.362 e. The van der Waals surface area contributed by atoms with Crippen LogP contribution in [0.1, 0.15) is 54.0 Å². The van der Waals surface area contributed by atoms with Crippen LogP contribution in [-0.4, -0.2) is 26.5 Å². The Kier molecular flexibility index (Phi) is 5.84. The number of carbonyl (C=O) groups is 2. The molecule has 5 rings (SSSR count). The van der Waals surface area contributed by atoms with Gasteiger partial charge in [-0.2, -0.15) is 5.10 Å². The Morgan fingerprint density at radius 3 is 2.54 bits per heavy atom. The number of Topliss-reactive ketones (excluding diaryl/α,β-unsaturated/α-hetero) is 1. The van der Waals surface area contributed by atoms with Gasteiger partial charge in [-0.1, -0.05) is 36.4 Å². The van der Waals surface area contributed by atoms with Crippen LogP contribution in [0.2, 0.25) is 0 Å². The number of hydrogen-bond donors (Lipinski definition) is 2. The van der Waals surface area contributed by atoms with Crippen LogP contribution in [0.3, 0.4) is 0 Å². The van der Waals surface area contributed by atoms with Gasteiger partial charge in [0.15, 0.2) is 5.78 Å². The van der Waals surface area contributed by atoms with Crippen molar-refractivity contribution in [2.45, 2.75) is 45.4 Å². The summed E-state index contributed by atoms with van der Waals surface area (Å²) in [5.41, 5.74) is 6.65. The van der Waals surface area contributed by atoms with E-state index in [9.17, 15) is 9.59 Å². The van der Waals surface area contributed by atoms with Crippen molar-refractivity contribution in [1.29, 1.82) is 0 Å². The molecule has 1 aromatic carbocycles. The Balaban J connectivity index is 1.59. The topological polar surface area (TPSA) is 88.9 Å². The molecule has 0 saturated carbocycles. The standard InChI is InChI=1S/C28H29N5O2/c1-16-9-8-12-29-27(16)32-28(35)24-17(2)31-22-13-20(19-10-6-5-7-11-19)14-23(34)26(22)25(24)21-15-30-33(4)18(21)3/h5-12,15,20,25,31H,13-14H2,1-4H3,(H,29,32,35)/t20-,25+/m1/s1. The third kappa shape index (κ3) is 4.07. The highest BCUT2D eigenvalue weighted by Crippen LogP contribution is 2.46. The van der Waals surface area contributed by atoms with Gasteiger partial charge in [0.05, 0.1) is 6.20 Å². The highest BCUT2D eigenvalue weighted by Gasteiger charge is 2.42. The van der Waals surface area contributed by atoms with Gasteiger partial charge in [0.25, 0.3) is 5.91 Å². The molecule has 0 bridgehead atoms. The van der Waals surface area contributed by atoms with E-state index in [2.05, 4.69) is 32.8 Å². The number of rotatable bonds is 4. The number of anilines is 1. The second kappa shape index (κ2) is 8.98. The predicted molar refractivity (Wildman–Crippen MR) is 135 cm³/mol. The molecular formula is C28H29N5O2. The fourth-order valence-electron chi connectivity index (χ4n) is 5.20. The van der Waals surface area contributed by atoms with Crippen molar-refractivity contribution in [3.05, 3.63) is 99.8 Å². The highest BCUT2D eigenvalue weighted by atomic mass is 16.2. The summed E-state index contributed by atoms with van der Waals surface area (Å²) in [5.74, 6) is -0.0845. The number of benzene rings is 1. The smallest absolute Gasteiger partial charge is 0.255 e. The Morgan fingerprint density at radius 1 is 1.09 bits per heavy atom. The molecule has 1 aliphatic heterocycles. The summed E-state index contributed by atoms with van der Waals surface area (Å²) in [6.07, 6.45) is 4.56. The lowest BCUT2D eigenvalue weighted by atomic mass is 9.71. The third-order valence-corrected chi connectivity index (χ3v) is 7.17. The molecule has 35 heavy (non-hydrogen) atoms. The van der Waals surface area contributed by atoms with E-state index >= 15 is 0 Å². The van der Waals surface area contributed by atoms with E-state index < -0.39 is 5.92 Å². The molecule has 0 radical (unpaired) electrons. The Morgan fingerprint density at radius 2 is 1.86 bits per heavy atom. The van der Waals surface area contributed by atoms with Crippen LogP contribution in [0.5, 0.6) is 0 Å². The molecule has 0 saturated heterocycles. The van der Waals surface area contributed by atoms with Gasteiger partial charge in [-0.25, -0.2) is 4.98 Å². The minimum absolute atomic E-state index is 0.0627. The molecular weight excluding hydrogens is 438 g/mol. The SMILES string of the molecule is CC1=C(C(=O)Nc2ncccc2C)[C@H](c2cnn(C)c2C)C2=C(C[C@@H](c3ccccc3)CC2=O)N1. The summed E-state index contributed by atoms with van der Waals surface area (Å²) in [5, 5.41) is 10.8. The van der Waals surface area contributed by atoms with Crippen LogP contribution in [0, 0.1) is 13.8 Å². The molecule has 2 aliphatic rings. The Hall–Kier alpha value is -4.00. The molecule has 178 valence electrons. The van der Waals surface area contributed by atoms with Crippen molar-refractivity contribution in [1.82, 2.24) is 20.1 Å². The fraction of sp³-hybridized carbons (Fsp3) is 0.286. The molecule has 0 fully saturated rings. The first-order valence-electron chi connectivity index (χ1n) is 11.9. The van der Waals surface area contributed by atoms with E-state index in [-0.39, 0.29) is 17.6 Å². The van der Waals surface area contributed by atoms with Crippen molar-refractivity contribution in [3.8, 4) is 0 Å². The highest BCUT2D eigenvalue weighted by molar-refractivity contribution is 6.09. The number of amides is 1. The molecule has 0 unspecified atom stereocenters. The molecule has 3 aromatic rings. The monoisotopic (exact) mass is 467 g/mol. The first kappa shape index (κ1) is 22.8. The third-order valence-electron chi connectivity index (χ3n) is 7.17. The number of pyridine rings is 1.